The molecule has 0 aliphatic rings. The Hall–Kier alpha value is -0.404. The summed E-state index contributed by atoms with van der Waals surface area (Å²) in [4.78, 5) is 18.0. The van der Waals surface area contributed by atoms with E-state index in [1.807, 2.05) is 0 Å². The predicted octanol–water partition coefficient (Wildman–Crippen LogP) is 2.15. The number of hydrogen-bond acceptors (Lipinski definition) is 2. The van der Waals surface area contributed by atoms with Crippen LogP contribution in [0.2, 0.25) is 12.6 Å². The third-order valence-corrected chi connectivity index (χ3v) is 1.87. The molecule has 0 aromatic heterocycles. The van der Waals surface area contributed by atoms with Crippen LogP contribution in [0.3, 0.4) is 0 Å². The molecule has 0 spiro atoms. The van der Waals surface area contributed by atoms with Crippen molar-refractivity contribution >= 4 is 21.5 Å². The Morgan fingerprint density at radius 3 is 1.83 bits per heavy atom. The summed E-state index contributed by atoms with van der Waals surface area (Å²) in [6.07, 6.45) is 1.22. The van der Waals surface area contributed by atoms with Crippen LogP contribution < -0.4 is 0 Å². The summed E-state index contributed by atoms with van der Waals surface area (Å²) >= 11 is 0. The molecule has 3 radical (unpaired) electrons. The van der Waals surface area contributed by atoms with Gasteiger partial charge in [0.15, 0.2) is 0 Å². The zero-order valence-corrected chi connectivity index (χ0v) is 12.9. The van der Waals surface area contributed by atoms with Crippen molar-refractivity contribution in [3.8, 4) is 0 Å². The second kappa shape index (κ2) is 25.4. The summed E-state index contributed by atoms with van der Waals surface area (Å²) in [7, 11) is 1.06. The van der Waals surface area contributed by atoms with Gasteiger partial charge in [-0.2, -0.15) is 13.1 Å². The van der Waals surface area contributed by atoms with Gasteiger partial charge in [0.1, 0.15) is 0 Å². The second-order valence-electron chi connectivity index (χ2n) is 2.92. The fraction of sp³-hybridized carbons (Fsp3) is 0.800. The summed E-state index contributed by atoms with van der Waals surface area (Å²) in [5.41, 5.74) is 6.79. The van der Waals surface area contributed by atoms with Crippen molar-refractivity contribution in [2.45, 2.75) is 32.9 Å². The van der Waals surface area contributed by atoms with Crippen LogP contribution in [0.25, 0.3) is 11.1 Å². The van der Waals surface area contributed by atoms with Crippen molar-refractivity contribution in [1.82, 2.24) is 0 Å². The molecular formula is C10H22CuN2O4Si. The minimum absolute atomic E-state index is 0. The third-order valence-electron chi connectivity index (χ3n) is 1.01. The normalized spacial score (nSPS) is 7.78. The van der Waals surface area contributed by atoms with Crippen LogP contribution in [-0.4, -0.2) is 51.3 Å². The summed E-state index contributed by atoms with van der Waals surface area (Å²) in [5.74, 6) is -1.67. The van der Waals surface area contributed by atoms with Gasteiger partial charge in [0.2, 0.25) is 0 Å². The van der Waals surface area contributed by atoms with Gasteiger partial charge in [-0.3, -0.25) is 9.59 Å². The van der Waals surface area contributed by atoms with Crippen molar-refractivity contribution < 1.29 is 36.9 Å². The monoisotopic (exact) mass is 325 g/mol. The van der Waals surface area contributed by atoms with Crippen LogP contribution in [0.1, 0.15) is 20.3 Å². The molecule has 8 heteroatoms. The number of hydrogen-bond donors (Lipinski definition) is 2. The number of nitrogens with zero attached hydrogens (tertiary/aromatic N) is 1. The Labute approximate surface area is 122 Å². The first-order valence-corrected chi connectivity index (χ1v) is 6.90. The van der Waals surface area contributed by atoms with Crippen LogP contribution in [0.15, 0.2) is 0 Å². The van der Waals surface area contributed by atoms with E-state index in [0.29, 0.717) is 6.54 Å². The molecule has 0 aliphatic carbocycles. The summed E-state index contributed by atoms with van der Waals surface area (Å²) in [6.45, 7) is 6.53. The molecule has 0 saturated heterocycles. The van der Waals surface area contributed by atoms with Crippen molar-refractivity contribution in [2.24, 2.45) is 0 Å². The van der Waals surface area contributed by atoms with Crippen LogP contribution in [0.5, 0.6) is 0 Å². The molecule has 3 N–H and O–H groups in total. The fourth-order valence-corrected chi connectivity index (χ4v) is 1.07. The molecule has 0 rings (SSSR count). The quantitative estimate of drug-likeness (QED) is 0.575. The predicted molar refractivity (Wildman–Crippen MR) is 69.9 cm³/mol. The van der Waals surface area contributed by atoms with E-state index < -0.39 is 11.9 Å². The van der Waals surface area contributed by atoms with Crippen LogP contribution in [0.4, 0.5) is 0 Å². The maximum absolute atomic E-state index is 9.00. The van der Waals surface area contributed by atoms with Crippen molar-refractivity contribution in [1.29, 1.82) is 0 Å². The first-order chi connectivity index (χ1) is 7.88. The van der Waals surface area contributed by atoms with E-state index in [0.717, 1.165) is 36.5 Å². The van der Waals surface area contributed by atoms with Crippen molar-refractivity contribution in [3.63, 3.8) is 0 Å². The molecule has 0 bridgehead atoms. The molecule has 0 atom stereocenters. The van der Waals surface area contributed by atoms with E-state index in [1.54, 1.807) is 0 Å². The standard InChI is InChI=1S/C6H14N2Si.2C2H4O2.Cu/c1-9-6-2-4-8-5-3-7;2*1-2(3)4;/h7H,2-6H2,1H3;2*1H3,(H,3,4);/q-2;;;+2. The summed E-state index contributed by atoms with van der Waals surface area (Å²) in [6, 6.07) is 1.31. The Kier molecular flexibility index (Phi) is 37.1. The minimum atomic E-state index is -0.833. The smallest absolute Gasteiger partial charge is 0.679 e. The van der Waals surface area contributed by atoms with Gasteiger partial charge in [-0.15, -0.1) is 6.54 Å². The minimum Gasteiger partial charge on any atom is -0.679 e. The first kappa shape index (κ1) is 26.2. The second-order valence-corrected chi connectivity index (χ2v) is 4.12. The molecule has 111 valence electrons. The maximum atomic E-state index is 9.00. The largest absolute Gasteiger partial charge is 2.00 e. The fourth-order valence-electron chi connectivity index (χ4n) is 0.558. The van der Waals surface area contributed by atoms with E-state index in [2.05, 4.69) is 11.9 Å². The van der Waals surface area contributed by atoms with Crippen LogP contribution in [-0.2, 0) is 26.7 Å². The van der Waals surface area contributed by atoms with Crippen molar-refractivity contribution in [2.75, 3.05) is 19.6 Å². The van der Waals surface area contributed by atoms with Gasteiger partial charge < -0.3 is 21.3 Å². The number of nitrogens with one attached hydrogen (secondary N) is 1. The summed E-state index contributed by atoms with van der Waals surface area (Å²) < 4.78 is 0. The molecule has 0 aliphatic heterocycles. The van der Waals surface area contributed by atoms with Gasteiger partial charge in [-0.05, 0) is 0 Å². The van der Waals surface area contributed by atoms with Gasteiger partial charge in [0, 0.05) is 23.4 Å². The molecule has 0 amide bonds. The van der Waals surface area contributed by atoms with Crippen LogP contribution in [0, 0.1) is 0 Å². The molecule has 0 saturated carbocycles. The number of carboxylic acid groups (broad SMARTS) is 2. The number of carboxylic acids is 2. The van der Waals surface area contributed by atoms with E-state index in [9.17, 15) is 0 Å². The van der Waals surface area contributed by atoms with Gasteiger partial charge >= 0.3 is 17.1 Å². The zero-order chi connectivity index (χ0) is 14.1. The van der Waals surface area contributed by atoms with Gasteiger partial charge in [-0.25, -0.2) is 0 Å². The van der Waals surface area contributed by atoms with E-state index >= 15 is 0 Å². The molecule has 0 heterocycles. The van der Waals surface area contributed by atoms with Crippen LogP contribution >= 0.6 is 0 Å². The average Bonchev–Trinajstić information content (AvgIpc) is 2.16. The number of rotatable bonds is 6. The molecular weight excluding hydrogens is 304 g/mol. The number of aliphatic carboxylic acids is 2. The molecule has 18 heavy (non-hydrogen) atoms. The van der Waals surface area contributed by atoms with E-state index in [-0.39, 0.29) is 17.1 Å². The Morgan fingerprint density at radius 2 is 1.56 bits per heavy atom. The topological polar surface area (TPSA) is 112 Å². The third kappa shape index (κ3) is 106. The van der Waals surface area contributed by atoms with Gasteiger partial charge in [0.05, 0.1) is 0 Å². The number of carbonyl (C=O) groups is 2. The SMILES string of the molecule is CC(=O)O.CC(=O)O.C[Si]CCC[N-]CC[NH-].[Cu+2]. The van der Waals surface area contributed by atoms with Crippen molar-refractivity contribution in [3.05, 3.63) is 11.1 Å². The molecule has 0 fully saturated rings. The van der Waals surface area contributed by atoms with E-state index in [1.165, 1.54) is 12.5 Å². The Bertz CT molecular complexity index is 159. The Morgan fingerprint density at radius 1 is 1.17 bits per heavy atom. The van der Waals surface area contributed by atoms with Gasteiger partial charge in [-0.1, -0.05) is 19.0 Å². The Balaban J connectivity index is -0.0000000922. The average molecular weight is 326 g/mol. The van der Waals surface area contributed by atoms with E-state index in [4.69, 9.17) is 25.5 Å². The van der Waals surface area contributed by atoms with Gasteiger partial charge in [0.25, 0.3) is 11.9 Å². The molecule has 0 aromatic carbocycles. The molecule has 0 aromatic rings. The summed E-state index contributed by atoms with van der Waals surface area (Å²) in [5, 5.41) is 19.0. The maximum Gasteiger partial charge on any atom is 2.00 e. The molecule has 0 unspecified atom stereocenters. The molecule has 6 nitrogen and oxygen atoms in total. The zero-order valence-electron chi connectivity index (χ0n) is 11.0. The first-order valence-electron chi connectivity index (χ1n) is 5.20.